The van der Waals surface area contributed by atoms with Crippen molar-refractivity contribution in [2.24, 2.45) is 17.8 Å². The van der Waals surface area contributed by atoms with Gasteiger partial charge < -0.3 is 20.0 Å². The molecule has 4 amide bonds. The van der Waals surface area contributed by atoms with Gasteiger partial charge >= 0.3 is 6.03 Å². The molecule has 4 heterocycles. The van der Waals surface area contributed by atoms with Crippen LogP contribution in [0.25, 0.3) is 0 Å². The molecule has 0 saturated carbocycles. The van der Waals surface area contributed by atoms with Crippen molar-refractivity contribution >= 4 is 23.5 Å². The van der Waals surface area contributed by atoms with Crippen LogP contribution in [0.3, 0.4) is 0 Å². The maximum absolute atomic E-state index is 13.2. The third-order valence-corrected chi connectivity index (χ3v) is 7.63. The maximum Gasteiger partial charge on any atom is 0.320 e. The van der Waals surface area contributed by atoms with Gasteiger partial charge in [0.05, 0.1) is 0 Å². The van der Waals surface area contributed by atoms with E-state index in [-0.39, 0.29) is 17.9 Å². The first-order valence-electron chi connectivity index (χ1n) is 11.8. The summed E-state index contributed by atoms with van der Waals surface area (Å²) in [5, 5.41) is 2.99. The molecule has 2 unspecified atom stereocenters. The topological polar surface area (TPSA) is 73.0 Å². The van der Waals surface area contributed by atoms with Gasteiger partial charge in [0, 0.05) is 56.8 Å². The third-order valence-electron chi connectivity index (χ3n) is 7.63. The Morgan fingerprint density at radius 2 is 1.71 bits per heavy atom. The second kappa shape index (κ2) is 8.52. The lowest BCUT2D eigenvalue weighted by Crippen LogP contribution is -2.62. The molecule has 0 radical (unpaired) electrons. The number of carbonyl (C=O) groups excluding carboxylic acids is 3. The van der Waals surface area contributed by atoms with E-state index in [1.54, 1.807) is 0 Å². The quantitative estimate of drug-likeness (QED) is 0.794. The van der Waals surface area contributed by atoms with Crippen LogP contribution in [0.4, 0.5) is 10.5 Å². The molecule has 0 spiro atoms. The van der Waals surface area contributed by atoms with Crippen molar-refractivity contribution in [3.8, 4) is 0 Å². The average molecular weight is 425 g/mol. The first-order valence-corrected chi connectivity index (χ1v) is 11.8. The molecule has 3 atom stereocenters. The van der Waals surface area contributed by atoms with E-state index < -0.39 is 0 Å². The number of benzene rings is 1. The Hall–Kier alpha value is -2.57. The number of likely N-dealkylation sites (tertiary alicyclic amines) is 2. The molecule has 1 aromatic rings. The van der Waals surface area contributed by atoms with E-state index >= 15 is 0 Å². The highest BCUT2D eigenvalue weighted by atomic mass is 16.2. The zero-order valence-electron chi connectivity index (χ0n) is 18.0. The summed E-state index contributed by atoms with van der Waals surface area (Å²) in [4.78, 5) is 44.2. The number of urea groups is 1. The van der Waals surface area contributed by atoms with Crippen molar-refractivity contribution in [2.45, 2.75) is 44.6 Å². The molecule has 4 saturated heterocycles. The Morgan fingerprint density at radius 1 is 0.935 bits per heavy atom. The van der Waals surface area contributed by atoms with Gasteiger partial charge in [0.2, 0.25) is 11.8 Å². The highest BCUT2D eigenvalue weighted by Crippen LogP contribution is 2.38. The number of hydrogen-bond acceptors (Lipinski definition) is 3. The molecule has 1 aromatic carbocycles. The second-order valence-electron chi connectivity index (χ2n) is 9.67. The Labute approximate surface area is 183 Å². The van der Waals surface area contributed by atoms with Crippen molar-refractivity contribution in [1.82, 2.24) is 14.7 Å². The van der Waals surface area contributed by atoms with Crippen LogP contribution in [-0.4, -0.2) is 71.3 Å². The molecule has 4 aliphatic rings. The van der Waals surface area contributed by atoms with E-state index in [0.29, 0.717) is 56.1 Å². The largest absolute Gasteiger partial charge is 0.339 e. The summed E-state index contributed by atoms with van der Waals surface area (Å²) in [6.45, 7) is 3.58. The fraction of sp³-hybridized carbons (Fsp3) is 0.625. The van der Waals surface area contributed by atoms with Crippen molar-refractivity contribution in [2.75, 3.05) is 38.0 Å². The molecule has 0 aromatic heterocycles. The summed E-state index contributed by atoms with van der Waals surface area (Å²) in [6, 6.07) is 9.97. The van der Waals surface area contributed by atoms with Gasteiger partial charge in [-0.3, -0.25) is 9.59 Å². The number of nitrogens with zero attached hydrogens (tertiary/aromatic N) is 3. The lowest BCUT2D eigenvalue weighted by atomic mass is 9.76. The summed E-state index contributed by atoms with van der Waals surface area (Å²) in [5.41, 5.74) is 0.820. The molecule has 5 rings (SSSR count). The number of nitrogens with one attached hydrogen (secondary N) is 1. The van der Waals surface area contributed by atoms with Gasteiger partial charge in [0.1, 0.15) is 0 Å². The molecular weight excluding hydrogens is 392 g/mol. The lowest BCUT2D eigenvalue weighted by molar-refractivity contribution is -0.144. The molecule has 7 heteroatoms. The molecule has 166 valence electrons. The molecule has 2 bridgehead atoms. The van der Waals surface area contributed by atoms with Crippen LogP contribution in [0.15, 0.2) is 30.3 Å². The Morgan fingerprint density at radius 3 is 2.48 bits per heavy atom. The van der Waals surface area contributed by atoms with Crippen LogP contribution in [0.2, 0.25) is 0 Å². The molecule has 4 fully saturated rings. The van der Waals surface area contributed by atoms with E-state index in [1.807, 2.05) is 40.1 Å². The molecule has 4 aliphatic heterocycles. The van der Waals surface area contributed by atoms with Crippen LogP contribution in [0, 0.1) is 17.8 Å². The Balaban J connectivity index is 1.15. The van der Waals surface area contributed by atoms with Gasteiger partial charge in [0.25, 0.3) is 0 Å². The van der Waals surface area contributed by atoms with Gasteiger partial charge in [-0.15, -0.1) is 0 Å². The predicted octanol–water partition coefficient (Wildman–Crippen LogP) is 2.79. The summed E-state index contributed by atoms with van der Waals surface area (Å²) in [7, 11) is 0. The number of fused-ring (bicyclic) bond motifs is 4. The van der Waals surface area contributed by atoms with Gasteiger partial charge in [0.15, 0.2) is 0 Å². The van der Waals surface area contributed by atoms with E-state index in [4.69, 9.17) is 0 Å². The van der Waals surface area contributed by atoms with Crippen molar-refractivity contribution in [3.05, 3.63) is 30.3 Å². The third kappa shape index (κ3) is 4.14. The van der Waals surface area contributed by atoms with Gasteiger partial charge in [-0.1, -0.05) is 18.2 Å². The minimum absolute atomic E-state index is 0.0489. The number of para-hydroxylation sites is 1. The standard InChI is InChI=1S/C24H32N4O3/c29-22-8-4-7-21-19-13-17(15-28(21)22)14-27(16-19)24(31)26-11-9-18(10-12-26)23(30)25-20-5-2-1-3-6-20/h1-3,5-6,17-19,21H,4,7-16H2,(H,25,30)/t17?,19?,21-/m1/s1. The number of amides is 4. The van der Waals surface area contributed by atoms with Crippen LogP contribution >= 0.6 is 0 Å². The van der Waals surface area contributed by atoms with Gasteiger partial charge in [-0.05, 0) is 56.1 Å². The van der Waals surface area contributed by atoms with Crippen LogP contribution in [0.5, 0.6) is 0 Å². The second-order valence-corrected chi connectivity index (χ2v) is 9.67. The van der Waals surface area contributed by atoms with Gasteiger partial charge in [-0.25, -0.2) is 4.79 Å². The van der Waals surface area contributed by atoms with E-state index in [2.05, 4.69) is 10.2 Å². The smallest absolute Gasteiger partial charge is 0.320 e. The van der Waals surface area contributed by atoms with Gasteiger partial charge in [-0.2, -0.15) is 0 Å². The summed E-state index contributed by atoms with van der Waals surface area (Å²) in [5.74, 6) is 1.12. The number of rotatable bonds is 2. The minimum Gasteiger partial charge on any atom is -0.339 e. The molecule has 0 aliphatic carbocycles. The molecule has 1 N–H and O–H groups in total. The summed E-state index contributed by atoms with van der Waals surface area (Å²) >= 11 is 0. The Bertz CT molecular complexity index is 836. The van der Waals surface area contributed by atoms with Crippen molar-refractivity contribution in [1.29, 1.82) is 0 Å². The average Bonchev–Trinajstić information content (AvgIpc) is 2.80. The first kappa shape index (κ1) is 20.3. The molecule has 7 nitrogen and oxygen atoms in total. The summed E-state index contributed by atoms with van der Waals surface area (Å²) in [6.07, 6.45) is 5.29. The molecule has 31 heavy (non-hydrogen) atoms. The molecular formula is C24H32N4O3. The van der Waals surface area contributed by atoms with E-state index in [0.717, 1.165) is 44.6 Å². The SMILES string of the molecule is O=C(Nc1ccccc1)C1CCN(C(=O)N2CC3CC(C2)[C@H]2CCCC(=O)N2C3)CC1. The highest BCUT2D eigenvalue weighted by molar-refractivity contribution is 5.92. The number of hydrogen-bond donors (Lipinski definition) is 1. The normalized spacial score (nSPS) is 28.8. The fourth-order valence-electron chi connectivity index (χ4n) is 6.06. The van der Waals surface area contributed by atoms with Crippen LogP contribution < -0.4 is 5.32 Å². The highest BCUT2D eigenvalue weighted by Gasteiger charge is 2.45. The van der Waals surface area contributed by atoms with Crippen molar-refractivity contribution < 1.29 is 14.4 Å². The summed E-state index contributed by atoms with van der Waals surface area (Å²) < 4.78 is 0. The fourth-order valence-corrected chi connectivity index (χ4v) is 6.06. The Kier molecular flexibility index (Phi) is 5.59. The predicted molar refractivity (Wildman–Crippen MR) is 117 cm³/mol. The number of carbonyl (C=O) groups is 3. The first-order chi connectivity index (χ1) is 15.1. The monoisotopic (exact) mass is 424 g/mol. The number of anilines is 1. The van der Waals surface area contributed by atoms with E-state index in [1.165, 1.54) is 0 Å². The lowest BCUT2D eigenvalue weighted by Gasteiger charge is -2.53. The van der Waals surface area contributed by atoms with Crippen LogP contribution in [-0.2, 0) is 9.59 Å². The maximum atomic E-state index is 13.2. The minimum atomic E-state index is -0.0493. The zero-order chi connectivity index (χ0) is 21.4. The number of piperidine rings is 4. The van der Waals surface area contributed by atoms with E-state index in [9.17, 15) is 14.4 Å². The van der Waals surface area contributed by atoms with Crippen molar-refractivity contribution in [3.63, 3.8) is 0 Å². The zero-order valence-corrected chi connectivity index (χ0v) is 18.0. The van der Waals surface area contributed by atoms with Crippen LogP contribution in [0.1, 0.15) is 38.5 Å².